The first kappa shape index (κ1) is 19.2. The molecule has 0 aliphatic carbocycles. The normalized spacial score (nSPS) is 17.2. The van der Waals surface area contributed by atoms with Gasteiger partial charge >= 0.3 is 5.97 Å². The minimum absolute atomic E-state index is 0.00400. The Morgan fingerprint density at radius 2 is 1.89 bits per heavy atom. The maximum atomic E-state index is 12.5. The van der Waals surface area contributed by atoms with Gasteiger partial charge in [-0.05, 0) is 48.9 Å². The van der Waals surface area contributed by atoms with Crippen LogP contribution in [0.25, 0.3) is 0 Å². The molecule has 1 aliphatic heterocycles. The van der Waals surface area contributed by atoms with Crippen LogP contribution in [0.15, 0.2) is 47.4 Å². The number of sulfonamides is 1. The summed E-state index contributed by atoms with van der Waals surface area (Å²) in [5.41, 5.74) is 1.63. The van der Waals surface area contributed by atoms with Crippen LogP contribution in [0.5, 0.6) is 0 Å². The fourth-order valence-corrected chi connectivity index (χ4v) is 4.25. The molecule has 1 aliphatic rings. The van der Waals surface area contributed by atoms with E-state index in [9.17, 15) is 18.0 Å². The van der Waals surface area contributed by atoms with Crippen molar-refractivity contribution in [3.63, 3.8) is 0 Å². The zero-order chi connectivity index (χ0) is 19.8. The molecule has 1 atom stereocenters. The number of carboxylic acid groups (broad SMARTS) is 1. The Hall–Kier alpha value is -2.58. The van der Waals surface area contributed by atoms with Crippen molar-refractivity contribution in [2.45, 2.75) is 18.2 Å². The van der Waals surface area contributed by atoms with Crippen molar-refractivity contribution < 1.29 is 23.1 Å². The smallest absolute Gasteiger partial charge is 0.308 e. The Morgan fingerprint density at radius 1 is 1.22 bits per heavy atom. The number of nitrogens with one attached hydrogen (secondary N) is 1. The molecule has 142 valence electrons. The second-order valence-corrected chi connectivity index (χ2v) is 8.42. The minimum atomic E-state index is -3.86. The van der Waals surface area contributed by atoms with Gasteiger partial charge in [-0.25, -0.2) is 8.42 Å². The van der Waals surface area contributed by atoms with Crippen LogP contribution in [0.1, 0.15) is 12.0 Å². The number of rotatable bonds is 5. The molecule has 1 heterocycles. The largest absolute Gasteiger partial charge is 0.481 e. The second kappa shape index (κ2) is 7.21. The van der Waals surface area contributed by atoms with Crippen LogP contribution in [0.4, 0.5) is 11.4 Å². The van der Waals surface area contributed by atoms with E-state index in [4.69, 9.17) is 16.7 Å². The highest BCUT2D eigenvalue weighted by Gasteiger charge is 2.35. The first-order valence-corrected chi connectivity index (χ1v) is 9.96. The van der Waals surface area contributed by atoms with Crippen LogP contribution >= 0.6 is 11.6 Å². The summed E-state index contributed by atoms with van der Waals surface area (Å²) in [4.78, 5) is 24.4. The summed E-state index contributed by atoms with van der Waals surface area (Å²) in [6.45, 7) is 1.91. The van der Waals surface area contributed by atoms with Crippen LogP contribution in [-0.4, -0.2) is 31.9 Å². The molecule has 27 heavy (non-hydrogen) atoms. The summed E-state index contributed by atoms with van der Waals surface area (Å²) in [5, 5.41) is 9.34. The molecule has 0 spiro atoms. The molecule has 1 fully saturated rings. The van der Waals surface area contributed by atoms with E-state index in [0.717, 1.165) is 5.56 Å². The Kier molecular flexibility index (Phi) is 5.12. The number of hydrogen-bond acceptors (Lipinski definition) is 4. The van der Waals surface area contributed by atoms with Gasteiger partial charge < -0.3 is 10.0 Å². The summed E-state index contributed by atoms with van der Waals surface area (Å²) in [7, 11) is -3.86. The van der Waals surface area contributed by atoms with E-state index in [1.807, 2.05) is 6.92 Å². The molecule has 3 rings (SSSR count). The number of nitrogens with zero attached hydrogens (tertiary/aromatic N) is 1. The molecule has 7 nitrogen and oxygen atoms in total. The molecule has 1 amide bonds. The van der Waals surface area contributed by atoms with Crippen LogP contribution in [0.2, 0.25) is 5.02 Å². The maximum absolute atomic E-state index is 12.5. The van der Waals surface area contributed by atoms with E-state index in [1.54, 1.807) is 18.2 Å². The maximum Gasteiger partial charge on any atom is 0.308 e. The lowest BCUT2D eigenvalue weighted by Gasteiger charge is -2.17. The standard InChI is InChI=1S/C18H17ClN2O5S/c1-11-2-7-16(15(19)8-11)20-27(25,26)14-5-3-13(4-6-14)21-10-12(18(23)24)9-17(21)22/h2-8,12,20H,9-10H2,1H3,(H,23,24)/t12-/m0/s1. The SMILES string of the molecule is Cc1ccc(NS(=O)(=O)c2ccc(N3C[C@@H](C(=O)O)CC3=O)cc2)c(Cl)c1. The number of halogens is 1. The van der Waals surface area contributed by atoms with Gasteiger partial charge in [-0.1, -0.05) is 17.7 Å². The molecule has 2 aromatic rings. The number of anilines is 2. The van der Waals surface area contributed by atoms with E-state index in [0.29, 0.717) is 5.69 Å². The Bertz CT molecular complexity index is 1000. The predicted molar refractivity (Wildman–Crippen MR) is 102 cm³/mol. The van der Waals surface area contributed by atoms with E-state index in [1.165, 1.54) is 29.2 Å². The Morgan fingerprint density at radius 3 is 2.44 bits per heavy atom. The summed E-state index contributed by atoms with van der Waals surface area (Å²) >= 11 is 6.07. The van der Waals surface area contributed by atoms with Crippen LogP contribution in [0.3, 0.4) is 0 Å². The van der Waals surface area contributed by atoms with Gasteiger partial charge in [-0.15, -0.1) is 0 Å². The predicted octanol–water partition coefficient (Wildman–Crippen LogP) is 2.89. The van der Waals surface area contributed by atoms with Crippen LogP contribution in [0, 0.1) is 12.8 Å². The average molecular weight is 409 g/mol. The third-order valence-electron chi connectivity index (χ3n) is 4.30. The van der Waals surface area contributed by atoms with Crippen molar-refractivity contribution in [2.75, 3.05) is 16.2 Å². The fraction of sp³-hybridized carbons (Fsp3) is 0.222. The number of carboxylic acids is 1. The Balaban J connectivity index is 1.80. The minimum Gasteiger partial charge on any atom is -0.481 e. The van der Waals surface area contributed by atoms with Crippen LogP contribution in [-0.2, 0) is 19.6 Å². The fourth-order valence-electron chi connectivity index (χ4n) is 2.83. The first-order chi connectivity index (χ1) is 12.7. The van der Waals surface area contributed by atoms with Gasteiger partial charge in [0.05, 0.1) is 21.5 Å². The van der Waals surface area contributed by atoms with E-state index >= 15 is 0 Å². The summed E-state index contributed by atoms with van der Waals surface area (Å²) in [6.07, 6.45) is -0.0666. The molecule has 9 heteroatoms. The number of amides is 1. The topological polar surface area (TPSA) is 104 Å². The molecule has 0 saturated carbocycles. The van der Waals surface area contributed by atoms with Crippen molar-refractivity contribution in [3.05, 3.63) is 53.1 Å². The summed E-state index contributed by atoms with van der Waals surface area (Å²) < 4.78 is 27.5. The lowest BCUT2D eigenvalue weighted by atomic mass is 10.1. The van der Waals surface area contributed by atoms with Crippen molar-refractivity contribution in [1.29, 1.82) is 0 Å². The van der Waals surface area contributed by atoms with Gasteiger partial charge in [0.15, 0.2) is 0 Å². The molecule has 1 saturated heterocycles. The van der Waals surface area contributed by atoms with Crippen LogP contribution < -0.4 is 9.62 Å². The Labute approximate surface area is 161 Å². The highest BCUT2D eigenvalue weighted by Crippen LogP contribution is 2.28. The molecule has 0 radical (unpaired) electrons. The number of hydrogen-bond donors (Lipinski definition) is 2. The molecular formula is C18H17ClN2O5S. The van der Waals surface area contributed by atoms with E-state index in [2.05, 4.69) is 4.72 Å². The highest BCUT2D eigenvalue weighted by atomic mass is 35.5. The highest BCUT2D eigenvalue weighted by molar-refractivity contribution is 7.92. The zero-order valence-electron chi connectivity index (χ0n) is 14.3. The molecule has 0 aromatic heterocycles. The van der Waals surface area contributed by atoms with Crippen molar-refractivity contribution in [1.82, 2.24) is 0 Å². The third-order valence-corrected chi connectivity index (χ3v) is 6.00. The van der Waals surface area contributed by atoms with E-state index in [-0.39, 0.29) is 34.5 Å². The number of aliphatic carboxylic acids is 1. The lowest BCUT2D eigenvalue weighted by Crippen LogP contribution is -2.25. The molecular weight excluding hydrogens is 392 g/mol. The van der Waals surface area contributed by atoms with E-state index < -0.39 is 21.9 Å². The second-order valence-electron chi connectivity index (χ2n) is 6.33. The van der Waals surface area contributed by atoms with Gasteiger partial charge in [-0.3, -0.25) is 14.3 Å². The monoisotopic (exact) mass is 408 g/mol. The molecule has 0 bridgehead atoms. The molecule has 0 unspecified atom stereocenters. The third kappa shape index (κ3) is 4.06. The number of carbonyl (C=O) groups excluding carboxylic acids is 1. The van der Waals surface area contributed by atoms with Crippen molar-refractivity contribution in [2.24, 2.45) is 5.92 Å². The lowest BCUT2D eigenvalue weighted by molar-refractivity contribution is -0.141. The van der Waals surface area contributed by atoms with Crippen molar-refractivity contribution in [3.8, 4) is 0 Å². The first-order valence-electron chi connectivity index (χ1n) is 8.09. The molecule has 2 aromatic carbocycles. The summed E-state index contributed by atoms with van der Waals surface area (Å²) in [5.74, 6) is -2.09. The van der Waals surface area contributed by atoms with Gasteiger partial charge in [0.1, 0.15) is 0 Å². The number of benzene rings is 2. The van der Waals surface area contributed by atoms with Gasteiger partial charge in [0.2, 0.25) is 5.91 Å². The van der Waals surface area contributed by atoms with Gasteiger partial charge in [0.25, 0.3) is 10.0 Å². The van der Waals surface area contributed by atoms with Gasteiger partial charge in [0, 0.05) is 18.7 Å². The van der Waals surface area contributed by atoms with Gasteiger partial charge in [-0.2, -0.15) is 0 Å². The van der Waals surface area contributed by atoms with Crippen molar-refractivity contribution >= 4 is 44.9 Å². The number of aryl methyl sites for hydroxylation is 1. The number of carbonyl (C=O) groups is 2. The quantitative estimate of drug-likeness (QED) is 0.791. The average Bonchev–Trinajstić information content (AvgIpc) is 3.00. The molecule has 2 N–H and O–H groups in total. The summed E-state index contributed by atoms with van der Waals surface area (Å²) in [6, 6.07) is 10.7. The zero-order valence-corrected chi connectivity index (χ0v) is 15.9.